The van der Waals surface area contributed by atoms with Gasteiger partial charge < -0.3 is 16.2 Å². The Morgan fingerprint density at radius 2 is 2.00 bits per heavy atom. The Labute approximate surface area is 97.5 Å². The van der Waals surface area contributed by atoms with Gasteiger partial charge in [-0.25, -0.2) is 0 Å². The van der Waals surface area contributed by atoms with Crippen LogP contribution in [0.2, 0.25) is 0 Å². The van der Waals surface area contributed by atoms with E-state index in [0.29, 0.717) is 5.92 Å². The average molecular weight is 222 g/mol. The van der Waals surface area contributed by atoms with Gasteiger partial charge in [0.1, 0.15) is 5.76 Å². The Morgan fingerprint density at radius 3 is 2.62 bits per heavy atom. The van der Waals surface area contributed by atoms with Crippen LogP contribution in [0.4, 0.5) is 0 Å². The van der Waals surface area contributed by atoms with Crippen LogP contribution < -0.4 is 11.5 Å². The molecular formula is C13H22N2O. The summed E-state index contributed by atoms with van der Waals surface area (Å²) < 4.78 is 5.44. The summed E-state index contributed by atoms with van der Waals surface area (Å²) >= 11 is 0. The van der Waals surface area contributed by atoms with Crippen LogP contribution in [0.25, 0.3) is 0 Å². The maximum Gasteiger partial charge on any atom is 0.118 e. The molecule has 2 unspecified atom stereocenters. The highest BCUT2D eigenvalue weighted by atomic mass is 16.5. The van der Waals surface area contributed by atoms with Gasteiger partial charge in [-0.05, 0) is 24.8 Å². The van der Waals surface area contributed by atoms with Gasteiger partial charge in [-0.3, -0.25) is 0 Å². The fourth-order valence-electron chi connectivity index (χ4n) is 3.03. The smallest absolute Gasteiger partial charge is 0.118 e. The topological polar surface area (TPSA) is 61.3 Å². The number of nitrogens with two attached hydrogens (primary N) is 2. The zero-order valence-corrected chi connectivity index (χ0v) is 9.99. The first-order valence-corrected chi connectivity index (χ1v) is 6.17. The molecule has 0 aliphatic heterocycles. The van der Waals surface area contributed by atoms with Gasteiger partial charge in [0.25, 0.3) is 0 Å². The van der Waals surface area contributed by atoms with Crippen molar-refractivity contribution in [2.45, 2.75) is 43.7 Å². The molecule has 90 valence electrons. The summed E-state index contributed by atoms with van der Waals surface area (Å²) in [7, 11) is 1.68. The zero-order valence-electron chi connectivity index (χ0n) is 9.99. The van der Waals surface area contributed by atoms with Crippen LogP contribution in [0.1, 0.15) is 32.1 Å². The van der Waals surface area contributed by atoms with Crippen molar-refractivity contribution < 1.29 is 4.74 Å². The van der Waals surface area contributed by atoms with E-state index in [1.807, 2.05) is 18.2 Å². The molecule has 0 aromatic carbocycles. The normalized spacial score (nSPS) is 35.9. The first-order valence-electron chi connectivity index (χ1n) is 6.17. The molecule has 1 fully saturated rings. The van der Waals surface area contributed by atoms with Crippen molar-refractivity contribution in [2.24, 2.45) is 17.4 Å². The minimum atomic E-state index is -0.496. The molecule has 0 amide bonds. The highest BCUT2D eigenvalue weighted by Crippen LogP contribution is 2.38. The second kappa shape index (κ2) is 4.60. The second-order valence-corrected chi connectivity index (χ2v) is 4.91. The maximum absolute atomic E-state index is 6.56. The van der Waals surface area contributed by atoms with E-state index in [2.05, 4.69) is 0 Å². The molecule has 0 aromatic heterocycles. The first kappa shape index (κ1) is 11.7. The first-order chi connectivity index (χ1) is 7.69. The lowest BCUT2D eigenvalue weighted by atomic mass is 9.69. The number of ether oxygens (including phenoxy) is 1. The maximum atomic E-state index is 6.56. The van der Waals surface area contributed by atoms with Crippen LogP contribution in [-0.2, 0) is 4.74 Å². The van der Waals surface area contributed by atoms with E-state index in [0.717, 1.165) is 5.76 Å². The predicted octanol–water partition coefficient (Wildman–Crippen LogP) is 1.69. The molecule has 16 heavy (non-hydrogen) atoms. The number of allylic oxidation sites excluding steroid dienone is 2. The molecule has 0 spiro atoms. The third kappa shape index (κ3) is 1.78. The second-order valence-electron chi connectivity index (χ2n) is 4.91. The van der Waals surface area contributed by atoms with Crippen molar-refractivity contribution in [3.05, 3.63) is 24.0 Å². The predicted molar refractivity (Wildman–Crippen MR) is 65.7 cm³/mol. The molecule has 2 rings (SSSR count). The number of methoxy groups -OCH3 is 1. The molecule has 4 N–H and O–H groups in total. The Bertz CT molecular complexity index is 305. The van der Waals surface area contributed by atoms with Crippen molar-refractivity contribution >= 4 is 0 Å². The molecule has 0 radical (unpaired) electrons. The Balaban J connectivity index is 2.25. The van der Waals surface area contributed by atoms with Crippen LogP contribution in [0, 0.1) is 5.92 Å². The third-order valence-electron chi connectivity index (χ3n) is 4.05. The summed E-state index contributed by atoms with van der Waals surface area (Å²) in [5, 5.41) is 0. The molecule has 2 aliphatic carbocycles. The van der Waals surface area contributed by atoms with E-state index in [9.17, 15) is 0 Å². The van der Waals surface area contributed by atoms with Gasteiger partial charge in [0.05, 0.1) is 12.6 Å². The van der Waals surface area contributed by atoms with E-state index >= 15 is 0 Å². The monoisotopic (exact) mass is 222 g/mol. The van der Waals surface area contributed by atoms with Gasteiger partial charge in [0.15, 0.2) is 0 Å². The Kier molecular flexibility index (Phi) is 3.36. The lowest BCUT2D eigenvalue weighted by molar-refractivity contribution is 0.134. The van der Waals surface area contributed by atoms with E-state index in [-0.39, 0.29) is 6.04 Å². The minimum Gasteiger partial charge on any atom is -0.499 e. The fourth-order valence-corrected chi connectivity index (χ4v) is 3.03. The molecular weight excluding hydrogens is 200 g/mol. The highest BCUT2D eigenvalue weighted by Gasteiger charge is 2.45. The van der Waals surface area contributed by atoms with E-state index in [4.69, 9.17) is 16.2 Å². The van der Waals surface area contributed by atoms with Crippen molar-refractivity contribution in [1.82, 2.24) is 0 Å². The van der Waals surface area contributed by atoms with Crippen molar-refractivity contribution in [3.63, 3.8) is 0 Å². The molecule has 0 bridgehead atoms. The average Bonchev–Trinajstić information content (AvgIpc) is 2.34. The molecule has 0 heterocycles. The Hall–Kier alpha value is -0.800. The molecule has 1 saturated carbocycles. The summed E-state index contributed by atoms with van der Waals surface area (Å²) in [4.78, 5) is 0. The largest absolute Gasteiger partial charge is 0.499 e. The van der Waals surface area contributed by atoms with Crippen molar-refractivity contribution in [2.75, 3.05) is 7.11 Å². The van der Waals surface area contributed by atoms with Crippen LogP contribution in [-0.4, -0.2) is 18.7 Å². The third-order valence-corrected chi connectivity index (χ3v) is 4.05. The van der Waals surface area contributed by atoms with Gasteiger partial charge in [0.2, 0.25) is 0 Å². The minimum absolute atomic E-state index is 0.129. The van der Waals surface area contributed by atoms with Crippen LogP contribution in [0.3, 0.4) is 0 Å². The van der Waals surface area contributed by atoms with E-state index < -0.39 is 5.54 Å². The van der Waals surface area contributed by atoms with Gasteiger partial charge in [0, 0.05) is 6.04 Å². The van der Waals surface area contributed by atoms with Crippen molar-refractivity contribution in [3.8, 4) is 0 Å². The summed E-state index contributed by atoms with van der Waals surface area (Å²) in [5.74, 6) is 1.29. The zero-order chi connectivity index (χ0) is 11.6. The van der Waals surface area contributed by atoms with Gasteiger partial charge in [-0.1, -0.05) is 31.4 Å². The van der Waals surface area contributed by atoms with Gasteiger partial charge >= 0.3 is 0 Å². The van der Waals surface area contributed by atoms with Crippen LogP contribution in [0.5, 0.6) is 0 Å². The lowest BCUT2D eigenvalue weighted by Crippen LogP contribution is -2.62. The quantitative estimate of drug-likeness (QED) is 0.747. The molecule has 0 saturated heterocycles. The molecule has 3 nitrogen and oxygen atoms in total. The fraction of sp³-hybridized carbons (Fsp3) is 0.692. The summed E-state index contributed by atoms with van der Waals surface area (Å²) in [6, 6.07) is -0.129. The highest BCUT2D eigenvalue weighted by molar-refractivity contribution is 5.32. The molecule has 0 aromatic rings. The summed E-state index contributed by atoms with van der Waals surface area (Å²) in [5.41, 5.74) is 12.2. The lowest BCUT2D eigenvalue weighted by Gasteiger charge is -2.44. The van der Waals surface area contributed by atoms with Crippen LogP contribution in [0.15, 0.2) is 24.0 Å². The number of hydrogen-bond donors (Lipinski definition) is 2. The van der Waals surface area contributed by atoms with Gasteiger partial charge in [-0.2, -0.15) is 0 Å². The number of rotatable bonds is 2. The summed E-state index contributed by atoms with van der Waals surface area (Å²) in [6.07, 6.45) is 12.1. The van der Waals surface area contributed by atoms with E-state index in [1.54, 1.807) is 7.11 Å². The molecule has 3 heteroatoms. The van der Waals surface area contributed by atoms with Crippen LogP contribution >= 0.6 is 0 Å². The number of hydrogen-bond acceptors (Lipinski definition) is 3. The SMILES string of the molecule is COC1=CC=CC(N)C1(N)C1CCCCC1. The summed E-state index contributed by atoms with van der Waals surface area (Å²) in [6.45, 7) is 0. The Morgan fingerprint density at radius 1 is 1.31 bits per heavy atom. The molecule has 2 aliphatic rings. The van der Waals surface area contributed by atoms with Gasteiger partial charge in [-0.15, -0.1) is 0 Å². The molecule has 2 atom stereocenters. The van der Waals surface area contributed by atoms with E-state index in [1.165, 1.54) is 32.1 Å². The van der Waals surface area contributed by atoms with Crippen molar-refractivity contribution in [1.29, 1.82) is 0 Å². The standard InChI is InChI=1S/C13H22N2O/c1-16-12-9-5-8-11(14)13(12,15)10-6-3-2-4-7-10/h5,8-11H,2-4,6-7,14-15H2,1H3.